The number of ether oxygens (including phenoxy) is 1. The molecule has 0 saturated heterocycles. The first kappa shape index (κ1) is 9.97. The lowest BCUT2D eigenvalue weighted by Crippen LogP contribution is -1.90. The summed E-state index contributed by atoms with van der Waals surface area (Å²) in [5, 5.41) is 0.601. The Bertz CT molecular complexity index is 273. The summed E-state index contributed by atoms with van der Waals surface area (Å²) in [5.74, 6) is 0.609. The van der Waals surface area contributed by atoms with E-state index in [1.165, 1.54) is 0 Å². The maximum absolute atomic E-state index is 5.73. The Morgan fingerprint density at radius 2 is 2.00 bits per heavy atom. The molecule has 0 unspecified atom stereocenters. The van der Waals surface area contributed by atoms with E-state index in [1.807, 2.05) is 0 Å². The SMILES string of the molecule is COc1cc(Cl)ccc1C(Cl)Cl. The zero-order valence-electron chi connectivity index (χ0n) is 6.35. The first-order valence-electron chi connectivity index (χ1n) is 3.26. The molecule has 0 heterocycles. The van der Waals surface area contributed by atoms with Gasteiger partial charge in [-0.3, -0.25) is 0 Å². The van der Waals surface area contributed by atoms with Crippen molar-refractivity contribution in [3.8, 4) is 5.75 Å². The van der Waals surface area contributed by atoms with E-state index in [9.17, 15) is 0 Å². The Morgan fingerprint density at radius 3 is 2.50 bits per heavy atom. The van der Waals surface area contributed by atoms with E-state index >= 15 is 0 Å². The topological polar surface area (TPSA) is 9.23 Å². The minimum absolute atomic E-state index is 0.586. The molecule has 0 saturated carbocycles. The fraction of sp³-hybridized carbons (Fsp3) is 0.250. The zero-order valence-corrected chi connectivity index (χ0v) is 8.62. The van der Waals surface area contributed by atoms with Gasteiger partial charge in [-0.15, -0.1) is 0 Å². The van der Waals surface area contributed by atoms with Gasteiger partial charge in [-0.05, 0) is 12.1 Å². The fourth-order valence-electron chi connectivity index (χ4n) is 0.865. The highest BCUT2D eigenvalue weighted by molar-refractivity contribution is 6.44. The first-order chi connectivity index (χ1) is 5.65. The Morgan fingerprint density at radius 1 is 1.33 bits per heavy atom. The number of halogens is 3. The van der Waals surface area contributed by atoms with Gasteiger partial charge in [-0.2, -0.15) is 0 Å². The minimum Gasteiger partial charge on any atom is -0.496 e. The van der Waals surface area contributed by atoms with Crippen molar-refractivity contribution in [3.05, 3.63) is 28.8 Å². The average Bonchev–Trinajstić information content (AvgIpc) is 2.03. The molecule has 0 aliphatic carbocycles. The molecule has 0 amide bonds. The molecule has 66 valence electrons. The van der Waals surface area contributed by atoms with Crippen LogP contribution in [0.1, 0.15) is 10.4 Å². The van der Waals surface area contributed by atoms with Crippen molar-refractivity contribution in [1.82, 2.24) is 0 Å². The number of benzene rings is 1. The summed E-state index contributed by atoms with van der Waals surface area (Å²) in [6, 6.07) is 5.14. The van der Waals surface area contributed by atoms with Gasteiger partial charge in [0.15, 0.2) is 0 Å². The summed E-state index contributed by atoms with van der Waals surface area (Å²) in [7, 11) is 1.55. The van der Waals surface area contributed by atoms with Crippen LogP contribution in [0.3, 0.4) is 0 Å². The highest BCUT2D eigenvalue weighted by Gasteiger charge is 2.10. The molecule has 0 atom stereocenters. The molecule has 0 aliphatic heterocycles. The van der Waals surface area contributed by atoms with Gasteiger partial charge in [-0.25, -0.2) is 0 Å². The molecule has 4 heteroatoms. The molecule has 0 radical (unpaired) electrons. The predicted octanol–water partition coefficient (Wildman–Crippen LogP) is 3.82. The number of rotatable bonds is 2. The number of hydrogen-bond donors (Lipinski definition) is 0. The van der Waals surface area contributed by atoms with Crippen molar-refractivity contribution in [2.75, 3.05) is 7.11 Å². The van der Waals surface area contributed by atoms with Gasteiger partial charge in [0.25, 0.3) is 0 Å². The van der Waals surface area contributed by atoms with E-state index in [2.05, 4.69) is 0 Å². The largest absolute Gasteiger partial charge is 0.496 e. The van der Waals surface area contributed by atoms with Crippen molar-refractivity contribution >= 4 is 34.8 Å². The maximum Gasteiger partial charge on any atom is 0.136 e. The predicted molar refractivity (Wildman–Crippen MR) is 52.5 cm³/mol. The molecule has 0 bridgehead atoms. The summed E-state index contributed by atoms with van der Waals surface area (Å²) in [5.41, 5.74) is 0.727. The summed E-state index contributed by atoms with van der Waals surface area (Å²) in [4.78, 5) is -0.586. The van der Waals surface area contributed by atoms with E-state index < -0.39 is 4.84 Å². The number of hydrogen-bond acceptors (Lipinski definition) is 1. The van der Waals surface area contributed by atoms with Gasteiger partial charge in [0.05, 0.1) is 7.11 Å². The second kappa shape index (κ2) is 4.22. The monoisotopic (exact) mass is 224 g/mol. The molecule has 0 aromatic heterocycles. The third-order valence-electron chi connectivity index (χ3n) is 1.43. The third-order valence-corrected chi connectivity index (χ3v) is 2.14. The molecule has 1 aromatic rings. The number of methoxy groups -OCH3 is 1. The molecular weight excluding hydrogens is 218 g/mol. The Balaban J connectivity index is 3.11. The standard InChI is InChI=1S/C8H7Cl3O/c1-12-7-4-5(9)2-3-6(7)8(10)11/h2-4,8H,1H3. The van der Waals surface area contributed by atoms with Crippen molar-refractivity contribution < 1.29 is 4.74 Å². The van der Waals surface area contributed by atoms with Crippen LogP contribution in [0.5, 0.6) is 5.75 Å². The molecule has 0 N–H and O–H groups in total. The number of alkyl halides is 2. The smallest absolute Gasteiger partial charge is 0.136 e. The van der Waals surface area contributed by atoms with Crippen molar-refractivity contribution in [1.29, 1.82) is 0 Å². The van der Waals surface area contributed by atoms with E-state index in [0.29, 0.717) is 10.8 Å². The van der Waals surface area contributed by atoms with Gasteiger partial charge in [0.2, 0.25) is 0 Å². The van der Waals surface area contributed by atoms with Crippen molar-refractivity contribution in [2.45, 2.75) is 4.84 Å². The van der Waals surface area contributed by atoms with E-state index in [1.54, 1.807) is 25.3 Å². The van der Waals surface area contributed by atoms with E-state index in [0.717, 1.165) is 5.56 Å². The van der Waals surface area contributed by atoms with Gasteiger partial charge < -0.3 is 4.74 Å². The molecule has 0 fully saturated rings. The Labute approximate surface area is 86.2 Å². The normalized spacial score (nSPS) is 10.4. The van der Waals surface area contributed by atoms with Crippen LogP contribution in [-0.4, -0.2) is 7.11 Å². The second-order valence-electron chi connectivity index (χ2n) is 2.19. The zero-order chi connectivity index (χ0) is 9.14. The second-order valence-corrected chi connectivity index (χ2v) is 3.72. The quantitative estimate of drug-likeness (QED) is 0.695. The molecular formula is C8H7Cl3O. The van der Waals surface area contributed by atoms with Gasteiger partial charge in [0.1, 0.15) is 10.6 Å². The van der Waals surface area contributed by atoms with Crippen molar-refractivity contribution in [3.63, 3.8) is 0 Å². The average molecular weight is 226 g/mol. The molecule has 1 aromatic carbocycles. The molecule has 1 rings (SSSR count). The summed E-state index contributed by atoms with van der Waals surface area (Å²) < 4.78 is 5.03. The highest BCUT2D eigenvalue weighted by atomic mass is 35.5. The van der Waals surface area contributed by atoms with Crippen LogP contribution in [0.15, 0.2) is 18.2 Å². The fourth-order valence-corrected chi connectivity index (χ4v) is 1.39. The Hall–Kier alpha value is -0.110. The maximum atomic E-state index is 5.73. The summed E-state index contributed by atoms with van der Waals surface area (Å²) >= 11 is 17.1. The van der Waals surface area contributed by atoms with E-state index in [4.69, 9.17) is 39.5 Å². The lowest BCUT2D eigenvalue weighted by Gasteiger charge is -2.08. The highest BCUT2D eigenvalue weighted by Crippen LogP contribution is 2.34. The van der Waals surface area contributed by atoms with Crippen molar-refractivity contribution in [2.24, 2.45) is 0 Å². The van der Waals surface area contributed by atoms with Gasteiger partial charge >= 0.3 is 0 Å². The van der Waals surface area contributed by atoms with Crippen LogP contribution in [0.4, 0.5) is 0 Å². The minimum atomic E-state index is -0.586. The Kier molecular flexibility index (Phi) is 3.51. The van der Waals surface area contributed by atoms with E-state index in [-0.39, 0.29) is 0 Å². The summed E-state index contributed by atoms with van der Waals surface area (Å²) in [6.45, 7) is 0. The lowest BCUT2D eigenvalue weighted by molar-refractivity contribution is 0.411. The summed E-state index contributed by atoms with van der Waals surface area (Å²) in [6.07, 6.45) is 0. The molecule has 12 heavy (non-hydrogen) atoms. The van der Waals surface area contributed by atoms with Crippen LogP contribution >= 0.6 is 34.8 Å². The van der Waals surface area contributed by atoms with Crippen LogP contribution < -0.4 is 4.74 Å². The first-order valence-corrected chi connectivity index (χ1v) is 4.52. The van der Waals surface area contributed by atoms with Crippen LogP contribution in [0.25, 0.3) is 0 Å². The van der Waals surface area contributed by atoms with Gasteiger partial charge in [-0.1, -0.05) is 40.9 Å². The van der Waals surface area contributed by atoms with Crippen LogP contribution in [-0.2, 0) is 0 Å². The molecule has 0 aliphatic rings. The third kappa shape index (κ3) is 2.19. The van der Waals surface area contributed by atoms with Crippen LogP contribution in [0, 0.1) is 0 Å². The lowest BCUT2D eigenvalue weighted by atomic mass is 10.2. The molecule has 1 nitrogen and oxygen atoms in total. The molecule has 0 spiro atoms. The van der Waals surface area contributed by atoms with Gasteiger partial charge in [0, 0.05) is 10.6 Å². The van der Waals surface area contributed by atoms with Crippen LogP contribution in [0.2, 0.25) is 5.02 Å².